The number of nitro groups is 1. The van der Waals surface area contributed by atoms with Gasteiger partial charge in [-0.3, -0.25) is 20.2 Å². The van der Waals surface area contributed by atoms with E-state index in [0.29, 0.717) is 28.4 Å². The zero-order valence-electron chi connectivity index (χ0n) is 21.7. The fourth-order valence-corrected chi connectivity index (χ4v) is 5.84. The van der Waals surface area contributed by atoms with E-state index < -0.39 is 10.8 Å². The maximum atomic E-state index is 12.9. The number of nitrogens with one attached hydrogen (secondary N) is 2. The molecular weight excluding hydrogens is 606 g/mol. The molecule has 0 aliphatic carbocycles. The van der Waals surface area contributed by atoms with Crippen LogP contribution in [0.3, 0.4) is 0 Å². The van der Waals surface area contributed by atoms with Crippen molar-refractivity contribution in [2.24, 2.45) is 0 Å². The first-order valence-electron chi connectivity index (χ1n) is 13.1. The maximum absolute atomic E-state index is 12.9. The maximum Gasteiger partial charge on any atom is 0.293 e. The number of aromatic nitrogens is 1. The van der Waals surface area contributed by atoms with E-state index in [2.05, 4.69) is 26.6 Å². The summed E-state index contributed by atoms with van der Waals surface area (Å²) in [7, 11) is 0. The monoisotopic (exact) mass is 629 g/mol. The van der Waals surface area contributed by atoms with Gasteiger partial charge in [-0.2, -0.15) is 0 Å². The number of carbonyl (C=O) groups excluding carboxylic acids is 1. The average molecular weight is 631 g/mol. The lowest BCUT2D eigenvalue weighted by Gasteiger charge is -2.28. The summed E-state index contributed by atoms with van der Waals surface area (Å²) in [6, 6.07) is 21.8. The fraction of sp³-hybridized carbons (Fsp3) is 0.167. The molecule has 41 heavy (non-hydrogen) atoms. The van der Waals surface area contributed by atoms with Crippen LogP contribution < -0.4 is 15.5 Å². The molecule has 1 aromatic heterocycles. The Morgan fingerprint density at radius 2 is 1.78 bits per heavy atom. The highest BCUT2D eigenvalue weighted by Gasteiger charge is 2.23. The van der Waals surface area contributed by atoms with Crippen molar-refractivity contribution in [3.8, 4) is 11.5 Å². The number of oxazole rings is 1. The molecule has 1 aliphatic rings. The molecule has 2 N–H and O–H groups in total. The summed E-state index contributed by atoms with van der Waals surface area (Å²) in [6.07, 6.45) is 3.09. The lowest BCUT2D eigenvalue weighted by Crippen LogP contribution is -2.34. The Morgan fingerprint density at radius 3 is 2.59 bits per heavy atom. The van der Waals surface area contributed by atoms with Gasteiger partial charge in [0.2, 0.25) is 5.89 Å². The molecule has 1 aliphatic heterocycles. The third kappa shape index (κ3) is 5.50. The number of hydrogen-bond donors (Lipinski definition) is 2. The highest BCUT2D eigenvalue weighted by Crippen LogP contribution is 2.34. The van der Waals surface area contributed by atoms with Gasteiger partial charge >= 0.3 is 0 Å². The van der Waals surface area contributed by atoms with E-state index in [1.165, 1.54) is 6.07 Å². The van der Waals surface area contributed by atoms with E-state index in [-0.39, 0.29) is 16.4 Å². The number of hydrogen-bond acceptors (Lipinski definition) is 7. The molecule has 0 radical (unpaired) electrons. The van der Waals surface area contributed by atoms with Crippen LogP contribution in [-0.2, 0) is 0 Å². The Kier molecular flexibility index (Phi) is 7.38. The molecule has 1 saturated heterocycles. The number of thiocarbonyl (C=S) groups is 1. The second-order valence-electron chi connectivity index (χ2n) is 9.76. The molecule has 11 heteroatoms. The van der Waals surface area contributed by atoms with Crippen molar-refractivity contribution in [3.05, 3.63) is 92.9 Å². The zero-order valence-corrected chi connectivity index (χ0v) is 24.1. The second kappa shape index (κ2) is 11.3. The molecule has 0 spiro atoms. The summed E-state index contributed by atoms with van der Waals surface area (Å²) >= 11 is 8.96. The summed E-state index contributed by atoms with van der Waals surface area (Å²) in [4.78, 5) is 30.9. The SMILES string of the molecule is O=C(NC(=S)Nc1ccc2oc(-c3cccc4c(Br)cccc34)nc2c1)c1ccc(N2CCCCC2)c([N+](=O)[O-])c1. The molecule has 2 heterocycles. The molecule has 9 nitrogen and oxygen atoms in total. The predicted octanol–water partition coefficient (Wildman–Crippen LogP) is 7.44. The first-order valence-corrected chi connectivity index (χ1v) is 14.3. The van der Waals surface area contributed by atoms with E-state index >= 15 is 0 Å². The van der Waals surface area contributed by atoms with Crippen molar-refractivity contribution in [3.63, 3.8) is 0 Å². The van der Waals surface area contributed by atoms with Crippen LogP contribution in [0.2, 0.25) is 0 Å². The standard InChI is InChI=1S/C30H24BrN5O4S/c31-23-9-5-6-20-21(23)7-4-8-22(20)29-33-24-17-19(11-13-27(24)40-29)32-30(41)34-28(37)18-10-12-25(26(16-18)36(38)39)35-14-2-1-3-15-35/h4-13,16-17H,1-3,14-15H2,(H2,32,34,37,41). The average Bonchev–Trinajstić information content (AvgIpc) is 3.40. The fourth-order valence-electron chi connectivity index (χ4n) is 5.13. The van der Waals surface area contributed by atoms with Crippen molar-refractivity contribution in [1.82, 2.24) is 10.3 Å². The minimum absolute atomic E-state index is 0.0553. The molecule has 0 atom stereocenters. The largest absolute Gasteiger partial charge is 0.436 e. The van der Waals surface area contributed by atoms with Crippen LogP contribution in [-0.4, -0.2) is 34.0 Å². The van der Waals surface area contributed by atoms with Gasteiger partial charge in [0.05, 0.1) is 4.92 Å². The normalized spacial score (nSPS) is 13.3. The van der Waals surface area contributed by atoms with Gasteiger partial charge in [0.15, 0.2) is 10.7 Å². The van der Waals surface area contributed by atoms with Crippen LogP contribution in [0.1, 0.15) is 29.6 Å². The molecule has 1 fully saturated rings. The predicted molar refractivity (Wildman–Crippen MR) is 167 cm³/mol. The van der Waals surface area contributed by atoms with Crippen molar-refractivity contribution >= 4 is 78.1 Å². The Hall–Kier alpha value is -4.35. The second-order valence-corrected chi connectivity index (χ2v) is 11.0. The van der Waals surface area contributed by atoms with Crippen molar-refractivity contribution in [2.75, 3.05) is 23.3 Å². The van der Waals surface area contributed by atoms with Crippen LogP contribution in [0.4, 0.5) is 17.1 Å². The summed E-state index contributed by atoms with van der Waals surface area (Å²) in [6.45, 7) is 1.52. The lowest BCUT2D eigenvalue weighted by molar-refractivity contribution is -0.384. The molecule has 0 bridgehead atoms. The van der Waals surface area contributed by atoms with Gasteiger partial charge in [0.25, 0.3) is 11.6 Å². The van der Waals surface area contributed by atoms with Crippen molar-refractivity contribution < 1.29 is 14.1 Å². The lowest BCUT2D eigenvalue weighted by atomic mass is 10.0. The zero-order chi connectivity index (χ0) is 28.5. The van der Waals surface area contributed by atoms with Crippen LogP contribution in [0.25, 0.3) is 33.3 Å². The van der Waals surface area contributed by atoms with E-state index in [9.17, 15) is 14.9 Å². The van der Waals surface area contributed by atoms with Gasteiger partial charge < -0.3 is 14.6 Å². The number of rotatable bonds is 5. The molecule has 6 rings (SSSR count). The first-order chi connectivity index (χ1) is 19.9. The van der Waals surface area contributed by atoms with Crippen molar-refractivity contribution in [1.29, 1.82) is 0 Å². The summed E-state index contributed by atoms with van der Waals surface area (Å²) in [5.41, 5.74) is 3.30. The summed E-state index contributed by atoms with van der Waals surface area (Å²) in [5.74, 6) is -0.0472. The minimum atomic E-state index is -0.539. The van der Waals surface area contributed by atoms with Gasteiger partial charge in [-0.1, -0.05) is 40.2 Å². The Morgan fingerprint density at radius 1 is 1.00 bits per heavy atom. The Labute approximate surface area is 248 Å². The molecule has 0 unspecified atom stereocenters. The van der Waals surface area contributed by atoms with Gasteiger partial charge in [-0.25, -0.2) is 4.98 Å². The molecular formula is C30H24BrN5O4S. The third-order valence-electron chi connectivity index (χ3n) is 7.10. The van der Waals surface area contributed by atoms with E-state index in [4.69, 9.17) is 21.6 Å². The number of carbonyl (C=O) groups is 1. The number of anilines is 2. The summed E-state index contributed by atoms with van der Waals surface area (Å²) in [5, 5.41) is 19.5. The van der Waals surface area contributed by atoms with E-state index in [0.717, 1.165) is 53.2 Å². The highest BCUT2D eigenvalue weighted by molar-refractivity contribution is 9.10. The van der Waals surface area contributed by atoms with Gasteiger partial charge in [0.1, 0.15) is 11.2 Å². The van der Waals surface area contributed by atoms with Crippen LogP contribution in [0.5, 0.6) is 0 Å². The summed E-state index contributed by atoms with van der Waals surface area (Å²) < 4.78 is 7.04. The van der Waals surface area contributed by atoms with Gasteiger partial charge in [0, 0.05) is 40.4 Å². The highest BCUT2D eigenvalue weighted by atomic mass is 79.9. The number of benzene rings is 4. The van der Waals surface area contributed by atoms with E-state index in [1.54, 1.807) is 30.3 Å². The number of halogens is 1. The van der Waals surface area contributed by atoms with Crippen molar-refractivity contribution in [2.45, 2.75) is 19.3 Å². The first kappa shape index (κ1) is 26.9. The molecule has 206 valence electrons. The third-order valence-corrected chi connectivity index (χ3v) is 8.00. The molecule has 4 aromatic carbocycles. The quantitative estimate of drug-likeness (QED) is 0.117. The number of piperidine rings is 1. The number of nitro benzene ring substituents is 1. The van der Waals surface area contributed by atoms with Crippen LogP contribution in [0, 0.1) is 10.1 Å². The van der Waals surface area contributed by atoms with Gasteiger partial charge in [-0.05, 0) is 84.7 Å². The van der Waals surface area contributed by atoms with E-state index in [1.807, 2.05) is 41.3 Å². The number of amides is 1. The van der Waals surface area contributed by atoms with Crippen LogP contribution in [0.15, 0.2) is 81.7 Å². The Balaban J connectivity index is 1.18. The van der Waals surface area contributed by atoms with Crippen LogP contribution >= 0.6 is 28.1 Å². The number of nitrogens with zero attached hydrogens (tertiary/aromatic N) is 3. The smallest absolute Gasteiger partial charge is 0.293 e. The topological polar surface area (TPSA) is 114 Å². The van der Waals surface area contributed by atoms with Gasteiger partial charge in [-0.15, -0.1) is 0 Å². The molecule has 0 saturated carbocycles. The molecule has 5 aromatic rings. The number of fused-ring (bicyclic) bond motifs is 2. The minimum Gasteiger partial charge on any atom is -0.436 e. The molecule has 1 amide bonds. The Bertz CT molecular complexity index is 1830.